The number of furan rings is 1. The van der Waals surface area contributed by atoms with Gasteiger partial charge in [-0.2, -0.15) is 0 Å². The fourth-order valence-electron chi connectivity index (χ4n) is 10.7. The van der Waals surface area contributed by atoms with Crippen LogP contribution in [-0.2, 0) is 5.41 Å². The summed E-state index contributed by atoms with van der Waals surface area (Å²) in [5, 5.41) is 4.74. The Morgan fingerprint density at radius 1 is 0.364 bits per heavy atom. The lowest BCUT2D eigenvalue weighted by molar-refractivity contribution is 0.660. The zero-order valence-electron chi connectivity index (χ0n) is 36.7. The van der Waals surface area contributed by atoms with E-state index in [0.717, 1.165) is 55.8 Å². The summed E-state index contributed by atoms with van der Waals surface area (Å²) in [6.07, 6.45) is 0. The quantitative estimate of drug-likeness (QED) is 0.159. The second kappa shape index (κ2) is 14.8. The Kier molecular flexibility index (Phi) is 8.56. The van der Waals surface area contributed by atoms with E-state index >= 15 is 0 Å². The second-order valence-corrected chi connectivity index (χ2v) is 18.1. The van der Waals surface area contributed by atoms with Crippen molar-refractivity contribution in [2.24, 2.45) is 0 Å². The maximum atomic E-state index is 6.47. The second-order valence-electron chi connectivity index (χ2n) is 18.1. The van der Waals surface area contributed by atoms with Crippen LogP contribution in [0.5, 0.6) is 0 Å². The minimum atomic E-state index is -0.128. The van der Waals surface area contributed by atoms with Gasteiger partial charge in [0.05, 0.1) is 11.0 Å². The van der Waals surface area contributed by atoms with Crippen molar-refractivity contribution in [2.45, 2.75) is 19.3 Å². The van der Waals surface area contributed by atoms with Gasteiger partial charge < -0.3 is 13.9 Å². The number of rotatable bonds is 7. The van der Waals surface area contributed by atoms with Crippen molar-refractivity contribution in [3.05, 3.63) is 242 Å². The summed E-state index contributed by atoms with van der Waals surface area (Å²) in [4.78, 5) is 2.40. The average molecular weight is 845 g/mol. The molecule has 12 aromatic rings. The summed E-state index contributed by atoms with van der Waals surface area (Å²) >= 11 is 0. The molecule has 2 aromatic heterocycles. The number of hydrogen-bond donors (Lipinski definition) is 0. The fraction of sp³-hybridized carbons (Fsp3) is 0.0476. The van der Waals surface area contributed by atoms with Crippen LogP contribution >= 0.6 is 0 Å². The van der Waals surface area contributed by atoms with E-state index in [1.165, 1.54) is 66.3 Å². The Balaban J connectivity index is 0.923. The molecule has 0 saturated heterocycles. The molecular weight excluding hydrogens is 801 g/mol. The highest BCUT2D eigenvalue weighted by atomic mass is 16.3. The summed E-state index contributed by atoms with van der Waals surface area (Å²) in [7, 11) is 0. The standard InChI is InChI=1S/C63H44N2O/c1-63(2)57-22-11-9-18-51(57)52-35-34-49(40-58(52)63)64(48-32-26-43(27-33-48)50-20-13-21-54-53-19-10-12-23-61(53)66-62(50)54)47-30-24-42(25-31-47)45-29-37-60-56(39-45)55-38-44(41-14-5-3-6-15-41)28-36-59(55)65(60)46-16-7-4-8-17-46/h3-40H,1-2H3. The molecule has 10 aromatic carbocycles. The van der Waals surface area contributed by atoms with Crippen molar-refractivity contribution in [1.29, 1.82) is 0 Å². The van der Waals surface area contributed by atoms with Gasteiger partial charge in [-0.1, -0.05) is 166 Å². The highest BCUT2D eigenvalue weighted by Crippen LogP contribution is 2.51. The smallest absolute Gasteiger partial charge is 0.143 e. The number of aromatic nitrogens is 1. The van der Waals surface area contributed by atoms with E-state index in [9.17, 15) is 0 Å². The van der Waals surface area contributed by atoms with Crippen molar-refractivity contribution in [1.82, 2.24) is 4.57 Å². The summed E-state index contributed by atoms with van der Waals surface area (Å²) in [5.41, 5.74) is 20.9. The maximum Gasteiger partial charge on any atom is 0.143 e. The third-order valence-electron chi connectivity index (χ3n) is 14.0. The van der Waals surface area contributed by atoms with E-state index in [-0.39, 0.29) is 5.41 Å². The Bertz CT molecular complexity index is 3820. The maximum absolute atomic E-state index is 6.47. The average Bonchev–Trinajstić information content (AvgIpc) is 4.00. The van der Waals surface area contributed by atoms with Gasteiger partial charge in [0.1, 0.15) is 11.2 Å². The first-order valence-corrected chi connectivity index (χ1v) is 22.8. The first-order valence-electron chi connectivity index (χ1n) is 22.8. The minimum absolute atomic E-state index is 0.128. The SMILES string of the molecule is CC1(C)c2ccccc2-c2ccc(N(c3ccc(-c4ccc5c(c4)c4cc(-c6ccccc6)ccc4n5-c4ccccc4)cc3)c3ccc(-c4cccc5c4oc4ccccc45)cc3)cc21. The molecule has 0 aliphatic heterocycles. The molecule has 0 unspecified atom stereocenters. The molecule has 0 atom stereocenters. The van der Waals surface area contributed by atoms with Crippen LogP contribution in [0.4, 0.5) is 17.1 Å². The van der Waals surface area contributed by atoms with Crippen LogP contribution in [0.15, 0.2) is 235 Å². The van der Waals surface area contributed by atoms with Crippen LogP contribution in [-0.4, -0.2) is 4.57 Å². The number of anilines is 3. The van der Waals surface area contributed by atoms with E-state index < -0.39 is 0 Å². The van der Waals surface area contributed by atoms with Gasteiger partial charge in [0, 0.05) is 55.3 Å². The van der Waals surface area contributed by atoms with E-state index in [1.54, 1.807) is 0 Å². The molecule has 13 rings (SSSR count). The van der Waals surface area contributed by atoms with E-state index in [1.807, 2.05) is 12.1 Å². The van der Waals surface area contributed by atoms with Gasteiger partial charge in [-0.3, -0.25) is 0 Å². The van der Waals surface area contributed by atoms with Crippen molar-refractivity contribution in [3.63, 3.8) is 0 Å². The van der Waals surface area contributed by atoms with Crippen molar-refractivity contribution < 1.29 is 4.42 Å². The molecule has 0 N–H and O–H groups in total. The highest BCUT2D eigenvalue weighted by molar-refractivity contribution is 6.12. The predicted molar refractivity (Wildman–Crippen MR) is 277 cm³/mol. The predicted octanol–water partition coefficient (Wildman–Crippen LogP) is 17.5. The van der Waals surface area contributed by atoms with Gasteiger partial charge in [-0.05, 0) is 129 Å². The van der Waals surface area contributed by atoms with Crippen molar-refractivity contribution in [2.75, 3.05) is 4.90 Å². The molecular formula is C63H44N2O. The molecule has 0 fully saturated rings. The third-order valence-corrected chi connectivity index (χ3v) is 14.0. The van der Waals surface area contributed by atoms with Crippen LogP contribution in [0.1, 0.15) is 25.0 Å². The van der Waals surface area contributed by atoms with Crippen LogP contribution in [0.3, 0.4) is 0 Å². The van der Waals surface area contributed by atoms with E-state index in [2.05, 4.69) is 242 Å². The van der Waals surface area contributed by atoms with Crippen molar-refractivity contribution in [3.8, 4) is 50.2 Å². The third kappa shape index (κ3) is 5.97. The highest BCUT2D eigenvalue weighted by Gasteiger charge is 2.35. The van der Waals surface area contributed by atoms with Crippen LogP contribution in [0, 0.1) is 0 Å². The fourth-order valence-corrected chi connectivity index (χ4v) is 10.7. The monoisotopic (exact) mass is 844 g/mol. The van der Waals surface area contributed by atoms with Crippen LogP contribution in [0.25, 0.3) is 93.9 Å². The van der Waals surface area contributed by atoms with Crippen LogP contribution < -0.4 is 4.90 Å². The Hall–Kier alpha value is -8.40. The molecule has 0 radical (unpaired) electrons. The molecule has 66 heavy (non-hydrogen) atoms. The summed E-state index contributed by atoms with van der Waals surface area (Å²) in [6, 6.07) is 83.9. The van der Waals surface area contributed by atoms with Gasteiger partial charge in [-0.25, -0.2) is 0 Å². The number of hydrogen-bond acceptors (Lipinski definition) is 2. The van der Waals surface area contributed by atoms with E-state index in [0.29, 0.717) is 0 Å². The number of benzene rings is 10. The van der Waals surface area contributed by atoms with Gasteiger partial charge in [0.15, 0.2) is 0 Å². The molecule has 0 saturated carbocycles. The first kappa shape index (κ1) is 38.1. The first-order chi connectivity index (χ1) is 32.5. The Morgan fingerprint density at radius 3 is 1.61 bits per heavy atom. The molecule has 0 bridgehead atoms. The zero-order valence-corrected chi connectivity index (χ0v) is 36.7. The molecule has 3 nitrogen and oxygen atoms in total. The lowest BCUT2D eigenvalue weighted by Gasteiger charge is -2.28. The molecule has 1 aliphatic carbocycles. The van der Waals surface area contributed by atoms with Gasteiger partial charge in [-0.15, -0.1) is 0 Å². The minimum Gasteiger partial charge on any atom is -0.455 e. The topological polar surface area (TPSA) is 21.3 Å². The number of fused-ring (bicyclic) bond motifs is 9. The number of nitrogens with zero attached hydrogens (tertiary/aromatic N) is 2. The summed E-state index contributed by atoms with van der Waals surface area (Å²) in [6.45, 7) is 4.70. The molecule has 312 valence electrons. The Labute approximate surface area is 384 Å². The molecule has 0 spiro atoms. The molecule has 2 heterocycles. The summed E-state index contributed by atoms with van der Waals surface area (Å²) < 4.78 is 8.86. The largest absolute Gasteiger partial charge is 0.455 e. The van der Waals surface area contributed by atoms with Gasteiger partial charge >= 0.3 is 0 Å². The molecule has 1 aliphatic rings. The van der Waals surface area contributed by atoms with Gasteiger partial charge in [0.25, 0.3) is 0 Å². The van der Waals surface area contributed by atoms with Gasteiger partial charge in [0.2, 0.25) is 0 Å². The van der Waals surface area contributed by atoms with E-state index in [4.69, 9.17) is 4.42 Å². The Morgan fingerprint density at radius 2 is 0.894 bits per heavy atom. The molecule has 3 heteroatoms. The molecule has 0 amide bonds. The normalized spacial score (nSPS) is 12.8. The number of para-hydroxylation sites is 3. The summed E-state index contributed by atoms with van der Waals surface area (Å²) in [5.74, 6) is 0. The van der Waals surface area contributed by atoms with Crippen molar-refractivity contribution >= 4 is 60.8 Å². The lowest BCUT2D eigenvalue weighted by Crippen LogP contribution is -2.16. The van der Waals surface area contributed by atoms with Crippen LogP contribution in [0.2, 0.25) is 0 Å². The zero-order chi connectivity index (χ0) is 43.9. The lowest BCUT2D eigenvalue weighted by atomic mass is 9.82.